The standard InChI is InChI=1S/C16H30O/c1-14(2,3)9-7-10-16(11-8-12-16)13-17-15(4,5)6/h7,9H,8,10-13H2,1-6H3. The first kappa shape index (κ1) is 14.8. The van der Waals surface area contributed by atoms with Crippen LogP contribution < -0.4 is 0 Å². The SMILES string of the molecule is CC(C)(C)C=CCC1(COC(C)(C)C)CCC1. The summed E-state index contributed by atoms with van der Waals surface area (Å²) in [5, 5.41) is 0. The van der Waals surface area contributed by atoms with Crippen LogP contribution in [0.1, 0.15) is 67.2 Å². The average molecular weight is 238 g/mol. The third-order valence-electron chi connectivity index (χ3n) is 3.39. The van der Waals surface area contributed by atoms with E-state index in [0.717, 1.165) is 6.61 Å². The zero-order valence-electron chi connectivity index (χ0n) is 12.6. The van der Waals surface area contributed by atoms with Gasteiger partial charge in [0, 0.05) is 0 Å². The predicted octanol–water partition coefficient (Wildman–Crippen LogP) is 4.96. The molecule has 0 aromatic heterocycles. The van der Waals surface area contributed by atoms with Gasteiger partial charge in [-0.05, 0) is 50.9 Å². The lowest BCUT2D eigenvalue weighted by Gasteiger charge is -2.43. The summed E-state index contributed by atoms with van der Waals surface area (Å²) in [6.45, 7) is 14.1. The molecule has 0 aromatic carbocycles. The molecular formula is C16H30O. The van der Waals surface area contributed by atoms with E-state index in [1.807, 2.05) is 0 Å². The number of hydrogen-bond donors (Lipinski definition) is 0. The van der Waals surface area contributed by atoms with Crippen LogP contribution in [-0.4, -0.2) is 12.2 Å². The van der Waals surface area contributed by atoms with E-state index in [-0.39, 0.29) is 5.60 Å². The molecule has 0 heterocycles. The molecule has 1 aliphatic rings. The van der Waals surface area contributed by atoms with Gasteiger partial charge in [0.2, 0.25) is 0 Å². The van der Waals surface area contributed by atoms with Crippen molar-refractivity contribution in [2.24, 2.45) is 10.8 Å². The van der Waals surface area contributed by atoms with Crippen LogP contribution in [0.25, 0.3) is 0 Å². The molecule has 1 rings (SSSR count). The molecule has 17 heavy (non-hydrogen) atoms. The third-order valence-corrected chi connectivity index (χ3v) is 3.39. The van der Waals surface area contributed by atoms with Crippen LogP contribution in [0, 0.1) is 10.8 Å². The Hall–Kier alpha value is -0.300. The Morgan fingerprint density at radius 1 is 1.06 bits per heavy atom. The van der Waals surface area contributed by atoms with Gasteiger partial charge in [-0.25, -0.2) is 0 Å². The van der Waals surface area contributed by atoms with Crippen LogP contribution in [0.5, 0.6) is 0 Å². The quantitative estimate of drug-likeness (QED) is 0.629. The number of ether oxygens (including phenoxy) is 1. The van der Waals surface area contributed by atoms with Crippen LogP contribution >= 0.6 is 0 Å². The lowest BCUT2D eigenvalue weighted by Crippen LogP contribution is -2.37. The predicted molar refractivity (Wildman–Crippen MR) is 75.2 cm³/mol. The van der Waals surface area contributed by atoms with Gasteiger partial charge < -0.3 is 4.74 Å². The van der Waals surface area contributed by atoms with Crippen LogP contribution in [0.2, 0.25) is 0 Å². The Balaban J connectivity index is 2.44. The summed E-state index contributed by atoms with van der Waals surface area (Å²) in [4.78, 5) is 0. The molecule has 0 atom stereocenters. The molecule has 0 aromatic rings. The van der Waals surface area contributed by atoms with E-state index in [2.05, 4.69) is 53.7 Å². The maximum Gasteiger partial charge on any atom is 0.0598 e. The van der Waals surface area contributed by atoms with Crippen molar-refractivity contribution in [1.82, 2.24) is 0 Å². The Morgan fingerprint density at radius 2 is 1.65 bits per heavy atom. The molecule has 100 valence electrons. The van der Waals surface area contributed by atoms with Gasteiger partial charge >= 0.3 is 0 Å². The second-order valence-corrected chi connectivity index (χ2v) is 7.73. The molecule has 0 aliphatic heterocycles. The van der Waals surface area contributed by atoms with E-state index in [0.29, 0.717) is 10.8 Å². The van der Waals surface area contributed by atoms with E-state index in [4.69, 9.17) is 4.74 Å². The molecule has 0 saturated heterocycles. The summed E-state index contributed by atoms with van der Waals surface area (Å²) < 4.78 is 5.99. The summed E-state index contributed by atoms with van der Waals surface area (Å²) in [7, 11) is 0. The minimum Gasteiger partial charge on any atom is -0.375 e. The van der Waals surface area contributed by atoms with Crippen molar-refractivity contribution in [3.8, 4) is 0 Å². The van der Waals surface area contributed by atoms with Crippen molar-refractivity contribution < 1.29 is 4.74 Å². The van der Waals surface area contributed by atoms with Crippen LogP contribution in [0.15, 0.2) is 12.2 Å². The molecule has 1 heteroatoms. The van der Waals surface area contributed by atoms with Crippen LogP contribution in [0.4, 0.5) is 0 Å². The summed E-state index contributed by atoms with van der Waals surface area (Å²) in [6, 6.07) is 0. The Kier molecular flexibility index (Phi) is 4.46. The minimum atomic E-state index is -0.00364. The molecule has 0 bridgehead atoms. The topological polar surface area (TPSA) is 9.23 Å². The van der Waals surface area contributed by atoms with Crippen molar-refractivity contribution in [3.05, 3.63) is 12.2 Å². The van der Waals surface area contributed by atoms with Crippen molar-refractivity contribution >= 4 is 0 Å². The van der Waals surface area contributed by atoms with E-state index < -0.39 is 0 Å². The first-order valence-corrected chi connectivity index (χ1v) is 6.94. The third kappa shape index (κ3) is 5.72. The number of allylic oxidation sites excluding steroid dienone is 2. The fourth-order valence-corrected chi connectivity index (χ4v) is 2.12. The van der Waals surface area contributed by atoms with Gasteiger partial charge in [-0.3, -0.25) is 0 Å². The van der Waals surface area contributed by atoms with Gasteiger partial charge in [-0.1, -0.05) is 39.3 Å². The molecule has 0 N–H and O–H groups in total. The first-order chi connectivity index (χ1) is 7.62. The average Bonchev–Trinajstić information content (AvgIpc) is 2.04. The Bertz CT molecular complexity index is 258. The fourth-order valence-electron chi connectivity index (χ4n) is 2.12. The maximum atomic E-state index is 5.99. The highest BCUT2D eigenvalue weighted by Gasteiger charge is 2.37. The van der Waals surface area contributed by atoms with E-state index in [9.17, 15) is 0 Å². The molecule has 1 saturated carbocycles. The summed E-state index contributed by atoms with van der Waals surface area (Å²) in [5.41, 5.74) is 0.737. The molecule has 1 fully saturated rings. The fraction of sp³-hybridized carbons (Fsp3) is 0.875. The largest absolute Gasteiger partial charge is 0.375 e. The molecule has 0 spiro atoms. The van der Waals surface area contributed by atoms with Gasteiger partial charge in [0.1, 0.15) is 0 Å². The monoisotopic (exact) mass is 238 g/mol. The lowest BCUT2D eigenvalue weighted by molar-refractivity contribution is -0.0772. The zero-order valence-corrected chi connectivity index (χ0v) is 12.6. The highest BCUT2D eigenvalue weighted by molar-refractivity contribution is 4.99. The van der Waals surface area contributed by atoms with Gasteiger partial charge in [0.25, 0.3) is 0 Å². The molecule has 0 radical (unpaired) electrons. The number of rotatable bonds is 4. The van der Waals surface area contributed by atoms with Gasteiger partial charge in [0.05, 0.1) is 12.2 Å². The highest BCUT2D eigenvalue weighted by atomic mass is 16.5. The second kappa shape index (κ2) is 5.14. The molecule has 0 amide bonds. The highest BCUT2D eigenvalue weighted by Crippen LogP contribution is 2.45. The van der Waals surface area contributed by atoms with Crippen LogP contribution in [0.3, 0.4) is 0 Å². The Morgan fingerprint density at radius 3 is 2.00 bits per heavy atom. The summed E-state index contributed by atoms with van der Waals surface area (Å²) in [6.07, 6.45) is 9.92. The van der Waals surface area contributed by atoms with E-state index in [1.165, 1.54) is 25.7 Å². The normalized spacial score (nSPS) is 20.6. The summed E-state index contributed by atoms with van der Waals surface area (Å²) in [5.74, 6) is 0. The second-order valence-electron chi connectivity index (χ2n) is 7.73. The van der Waals surface area contributed by atoms with Crippen molar-refractivity contribution in [3.63, 3.8) is 0 Å². The summed E-state index contributed by atoms with van der Waals surface area (Å²) >= 11 is 0. The van der Waals surface area contributed by atoms with Gasteiger partial charge in [-0.15, -0.1) is 0 Å². The van der Waals surface area contributed by atoms with Gasteiger partial charge in [-0.2, -0.15) is 0 Å². The number of hydrogen-bond acceptors (Lipinski definition) is 1. The minimum absolute atomic E-state index is 0.00364. The van der Waals surface area contributed by atoms with E-state index in [1.54, 1.807) is 0 Å². The molecule has 1 nitrogen and oxygen atoms in total. The van der Waals surface area contributed by atoms with E-state index >= 15 is 0 Å². The first-order valence-electron chi connectivity index (χ1n) is 6.94. The molecule has 1 aliphatic carbocycles. The zero-order chi connectivity index (χ0) is 13.2. The van der Waals surface area contributed by atoms with Crippen molar-refractivity contribution in [1.29, 1.82) is 0 Å². The van der Waals surface area contributed by atoms with Crippen LogP contribution in [-0.2, 0) is 4.74 Å². The Labute approximate surface area is 108 Å². The lowest BCUT2D eigenvalue weighted by atomic mass is 9.67. The maximum absolute atomic E-state index is 5.99. The molecular weight excluding hydrogens is 208 g/mol. The van der Waals surface area contributed by atoms with Crippen molar-refractivity contribution in [2.75, 3.05) is 6.61 Å². The molecule has 0 unspecified atom stereocenters. The smallest absolute Gasteiger partial charge is 0.0598 e. The van der Waals surface area contributed by atoms with Gasteiger partial charge in [0.15, 0.2) is 0 Å². The van der Waals surface area contributed by atoms with Crippen molar-refractivity contribution in [2.45, 2.75) is 72.8 Å².